The third-order valence-corrected chi connectivity index (χ3v) is 6.94. The number of hydrogen-bond acceptors (Lipinski definition) is 3. The predicted octanol–water partition coefficient (Wildman–Crippen LogP) is 5.85. The molecule has 7 nitrogen and oxygen atoms in total. The zero-order valence-corrected chi connectivity index (χ0v) is 22.2. The Bertz CT molecular complexity index is 1580. The molecule has 3 aromatic carbocycles. The van der Waals surface area contributed by atoms with Gasteiger partial charge in [-0.15, -0.1) is 0 Å². The monoisotopic (exact) mass is 518 g/mol. The van der Waals surface area contributed by atoms with E-state index in [4.69, 9.17) is 0 Å². The summed E-state index contributed by atoms with van der Waals surface area (Å²) in [5.74, 6) is -0.964. The maximum atomic E-state index is 13.1. The summed E-state index contributed by atoms with van der Waals surface area (Å²) in [4.78, 5) is 39.2. The lowest BCUT2D eigenvalue weighted by Gasteiger charge is -2.13. The molecule has 7 heteroatoms. The van der Waals surface area contributed by atoms with Gasteiger partial charge in [-0.25, -0.2) is 9.69 Å². The van der Waals surface area contributed by atoms with E-state index in [-0.39, 0.29) is 12.2 Å². The van der Waals surface area contributed by atoms with Crippen LogP contribution in [0.15, 0.2) is 90.6 Å². The first kappa shape index (κ1) is 25.7. The number of urea groups is 1. The van der Waals surface area contributed by atoms with Gasteiger partial charge in [0, 0.05) is 22.8 Å². The Morgan fingerprint density at radius 2 is 1.56 bits per heavy atom. The van der Waals surface area contributed by atoms with Crippen molar-refractivity contribution in [2.75, 3.05) is 11.9 Å². The van der Waals surface area contributed by atoms with Crippen LogP contribution < -0.4 is 10.6 Å². The number of amides is 4. The van der Waals surface area contributed by atoms with E-state index in [1.807, 2.05) is 63.2 Å². The number of carbonyl (C=O) groups excluding carboxylic acids is 3. The van der Waals surface area contributed by atoms with Gasteiger partial charge in [-0.2, -0.15) is 0 Å². The minimum Gasteiger partial charge on any atom is -0.324 e. The molecule has 0 spiro atoms. The normalized spacial score (nSPS) is 14.1. The van der Waals surface area contributed by atoms with Gasteiger partial charge in [-0.1, -0.05) is 67.6 Å². The van der Waals surface area contributed by atoms with E-state index in [0.29, 0.717) is 5.69 Å². The lowest BCUT2D eigenvalue weighted by atomic mass is 10.1. The van der Waals surface area contributed by atoms with Gasteiger partial charge in [0.15, 0.2) is 0 Å². The zero-order valence-electron chi connectivity index (χ0n) is 22.2. The summed E-state index contributed by atoms with van der Waals surface area (Å²) in [6.45, 7) is 5.60. The van der Waals surface area contributed by atoms with Crippen LogP contribution in [0.5, 0.6) is 0 Å². The maximum absolute atomic E-state index is 13.1. The van der Waals surface area contributed by atoms with Crippen molar-refractivity contribution >= 4 is 29.6 Å². The number of hydrogen-bond donors (Lipinski definition) is 2. The molecule has 1 saturated heterocycles. The molecule has 0 aliphatic carbocycles. The number of imide groups is 1. The van der Waals surface area contributed by atoms with Crippen molar-refractivity contribution in [2.24, 2.45) is 0 Å². The highest BCUT2D eigenvalue weighted by Gasteiger charge is 2.35. The van der Waals surface area contributed by atoms with Crippen molar-refractivity contribution in [3.8, 4) is 16.8 Å². The summed E-state index contributed by atoms with van der Waals surface area (Å²) >= 11 is 0. The maximum Gasteiger partial charge on any atom is 0.329 e. The van der Waals surface area contributed by atoms with Gasteiger partial charge in [0.05, 0.1) is 0 Å². The smallest absolute Gasteiger partial charge is 0.324 e. The molecule has 2 N–H and O–H groups in total. The number of aryl methyl sites for hydroxylation is 2. The molecule has 0 saturated carbocycles. The molecule has 1 aromatic heterocycles. The summed E-state index contributed by atoms with van der Waals surface area (Å²) in [5, 5.41) is 5.44. The van der Waals surface area contributed by atoms with E-state index in [2.05, 4.69) is 51.6 Å². The summed E-state index contributed by atoms with van der Waals surface area (Å²) in [5.41, 5.74) is 7.82. The van der Waals surface area contributed by atoms with Crippen molar-refractivity contribution in [1.29, 1.82) is 0 Å². The van der Waals surface area contributed by atoms with E-state index in [9.17, 15) is 14.4 Å². The van der Waals surface area contributed by atoms with Crippen molar-refractivity contribution in [3.63, 3.8) is 0 Å². The first-order valence-corrected chi connectivity index (χ1v) is 12.9. The van der Waals surface area contributed by atoms with Crippen LogP contribution in [0, 0.1) is 13.8 Å². The van der Waals surface area contributed by atoms with Gasteiger partial charge in [-0.3, -0.25) is 9.59 Å². The Labute approximate surface area is 227 Å². The molecule has 0 bridgehead atoms. The molecule has 0 unspecified atom stereocenters. The van der Waals surface area contributed by atoms with Crippen LogP contribution in [0.2, 0.25) is 0 Å². The van der Waals surface area contributed by atoms with Crippen LogP contribution in [0.3, 0.4) is 0 Å². The number of benzene rings is 3. The topological polar surface area (TPSA) is 83.4 Å². The Morgan fingerprint density at radius 3 is 2.28 bits per heavy atom. The fourth-order valence-electron chi connectivity index (χ4n) is 4.92. The highest BCUT2D eigenvalue weighted by atomic mass is 16.2. The molecule has 4 aromatic rings. The predicted molar refractivity (Wildman–Crippen MR) is 153 cm³/mol. The molecule has 0 atom stereocenters. The van der Waals surface area contributed by atoms with Crippen molar-refractivity contribution in [1.82, 2.24) is 14.8 Å². The van der Waals surface area contributed by atoms with Crippen LogP contribution in [-0.2, 0) is 16.0 Å². The van der Waals surface area contributed by atoms with Gasteiger partial charge < -0.3 is 15.2 Å². The SMILES string of the molecule is CCc1ccccc1NC(=O)CN1C(=O)N/C(=C\c2cc(C)n(-c3ccc(-c4ccccc4)cc3)c2C)C1=O. The van der Waals surface area contributed by atoms with Crippen LogP contribution >= 0.6 is 0 Å². The van der Waals surface area contributed by atoms with E-state index in [1.54, 1.807) is 12.1 Å². The molecule has 1 fully saturated rings. The van der Waals surface area contributed by atoms with Gasteiger partial charge in [0.2, 0.25) is 5.91 Å². The van der Waals surface area contributed by atoms with Crippen LogP contribution in [0.1, 0.15) is 29.4 Å². The van der Waals surface area contributed by atoms with E-state index >= 15 is 0 Å². The summed E-state index contributed by atoms with van der Waals surface area (Å²) in [7, 11) is 0. The Morgan fingerprint density at radius 1 is 0.897 bits per heavy atom. The largest absolute Gasteiger partial charge is 0.329 e. The second-order valence-corrected chi connectivity index (χ2v) is 9.51. The molecule has 2 heterocycles. The molecule has 1 aliphatic heterocycles. The molecule has 39 heavy (non-hydrogen) atoms. The van der Waals surface area contributed by atoms with Gasteiger partial charge in [-0.05, 0) is 72.9 Å². The van der Waals surface area contributed by atoms with Crippen molar-refractivity contribution in [2.45, 2.75) is 27.2 Å². The summed E-state index contributed by atoms with van der Waals surface area (Å²) in [6.07, 6.45) is 2.42. The minimum absolute atomic E-state index is 0.140. The first-order valence-electron chi connectivity index (χ1n) is 12.9. The van der Waals surface area contributed by atoms with Crippen molar-refractivity contribution < 1.29 is 14.4 Å². The second-order valence-electron chi connectivity index (χ2n) is 9.51. The zero-order chi connectivity index (χ0) is 27.5. The number of nitrogens with zero attached hydrogens (tertiary/aromatic N) is 2. The molecule has 0 radical (unpaired) electrons. The molecule has 196 valence electrons. The quantitative estimate of drug-likeness (QED) is 0.238. The molecule has 1 aliphatic rings. The minimum atomic E-state index is -0.615. The fourth-order valence-corrected chi connectivity index (χ4v) is 4.92. The lowest BCUT2D eigenvalue weighted by molar-refractivity contribution is -0.127. The second kappa shape index (κ2) is 10.8. The number of carbonyl (C=O) groups is 3. The average Bonchev–Trinajstić information content (AvgIpc) is 3.37. The van der Waals surface area contributed by atoms with Crippen molar-refractivity contribution in [3.05, 3.63) is 113 Å². The van der Waals surface area contributed by atoms with E-state index < -0.39 is 17.8 Å². The third kappa shape index (κ3) is 5.25. The van der Waals surface area contributed by atoms with Crippen LogP contribution in [-0.4, -0.2) is 33.9 Å². The lowest BCUT2D eigenvalue weighted by Crippen LogP contribution is -2.38. The standard InChI is InChI=1S/C32H30N4O3/c1-4-23-10-8-9-13-28(23)33-30(37)20-35-31(38)29(34-32(35)39)19-26-18-21(2)36(22(26)3)27-16-14-25(15-17-27)24-11-6-5-7-12-24/h5-19H,4,20H2,1-3H3,(H,33,37)(H,34,39)/b29-19-. The fraction of sp³-hybridized carbons (Fsp3) is 0.156. The Balaban J connectivity index is 1.33. The molecular formula is C32H30N4O3. The van der Waals surface area contributed by atoms with E-state index in [0.717, 1.165) is 50.6 Å². The number of aromatic nitrogens is 1. The number of rotatable bonds is 7. The molecule has 5 rings (SSSR count). The summed E-state index contributed by atoms with van der Waals surface area (Å²) < 4.78 is 2.11. The Kier molecular flexibility index (Phi) is 7.14. The Hall–Kier alpha value is -4.91. The van der Waals surface area contributed by atoms with Crippen LogP contribution in [0.25, 0.3) is 22.9 Å². The number of nitrogens with one attached hydrogen (secondary N) is 2. The highest BCUT2D eigenvalue weighted by molar-refractivity contribution is 6.16. The van der Waals surface area contributed by atoms with Crippen LogP contribution in [0.4, 0.5) is 10.5 Å². The highest BCUT2D eigenvalue weighted by Crippen LogP contribution is 2.26. The first-order chi connectivity index (χ1) is 18.9. The van der Waals surface area contributed by atoms with Gasteiger partial charge in [0.1, 0.15) is 12.2 Å². The van der Waals surface area contributed by atoms with Gasteiger partial charge >= 0.3 is 6.03 Å². The number of anilines is 1. The average molecular weight is 519 g/mol. The number of para-hydroxylation sites is 1. The van der Waals surface area contributed by atoms with Gasteiger partial charge in [0.25, 0.3) is 5.91 Å². The molecular weight excluding hydrogens is 488 g/mol. The third-order valence-electron chi connectivity index (χ3n) is 6.94. The summed E-state index contributed by atoms with van der Waals surface area (Å²) in [6, 6.07) is 27.3. The molecule has 4 amide bonds. The van der Waals surface area contributed by atoms with E-state index in [1.165, 1.54) is 0 Å².